The minimum Gasteiger partial charge on any atom is -0.466 e. The Morgan fingerprint density at radius 3 is 0.934 bits per heavy atom. The van der Waals surface area contributed by atoms with Crippen molar-refractivity contribution in [2.75, 3.05) is 13.2 Å². The quantitative estimate of drug-likeness (QED) is 0.0320. The molecule has 0 aromatic heterocycles. The highest BCUT2D eigenvalue weighted by Crippen LogP contribution is 2.18. The number of aliphatic hydroxyl groups is 2. The average Bonchev–Trinajstić information content (AvgIpc) is 3.42. The third kappa shape index (κ3) is 61.6. The summed E-state index contributed by atoms with van der Waals surface area (Å²) >= 11 is 0. The van der Waals surface area contributed by atoms with Gasteiger partial charge >= 0.3 is 5.97 Å². The molecule has 0 aliphatic rings. The minimum atomic E-state index is -0.845. The minimum absolute atomic E-state index is 0.0176. The molecular weight excluding hydrogens is 935 g/mol. The zero-order valence-electron chi connectivity index (χ0n) is 51.5. The van der Waals surface area contributed by atoms with Gasteiger partial charge in [-0.15, -0.1) is 0 Å². The Morgan fingerprint density at radius 2 is 0.618 bits per heavy atom. The highest BCUT2D eigenvalue weighted by atomic mass is 16.5. The number of unbranched alkanes of at least 4 members (excludes halogenated alkanes) is 52. The first kappa shape index (κ1) is 74.3. The van der Waals surface area contributed by atoms with Crippen LogP contribution in [-0.2, 0) is 14.3 Å². The molecule has 2 atom stereocenters. The van der Waals surface area contributed by atoms with Crippen LogP contribution in [-0.4, -0.2) is 47.4 Å². The Bertz CT molecular complexity index is 1190. The summed E-state index contributed by atoms with van der Waals surface area (Å²) < 4.78 is 5.49. The number of nitrogens with one attached hydrogen (secondary N) is 1. The second-order valence-electron chi connectivity index (χ2n) is 23.9. The molecule has 0 bridgehead atoms. The van der Waals surface area contributed by atoms with Crippen molar-refractivity contribution in [2.45, 2.75) is 398 Å². The molecule has 0 aliphatic heterocycles. The third-order valence-corrected chi connectivity index (χ3v) is 16.2. The zero-order chi connectivity index (χ0) is 55.0. The predicted molar refractivity (Wildman–Crippen MR) is 333 cm³/mol. The van der Waals surface area contributed by atoms with Crippen LogP contribution in [0.15, 0.2) is 24.3 Å². The topological polar surface area (TPSA) is 95.9 Å². The number of ether oxygens (including phenoxy) is 1. The van der Waals surface area contributed by atoms with Crippen molar-refractivity contribution >= 4 is 11.9 Å². The van der Waals surface area contributed by atoms with Gasteiger partial charge in [0.2, 0.25) is 5.91 Å². The number of allylic oxidation sites excluding steroid dienone is 3. The summed E-state index contributed by atoms with van der Waals surface area (Å²) in [4.78, 5) is 24.6. The smallest absolute Gasteiger partial charge is 0.305 e. The van der Waals surface area contributed by atoms with E-state index in [-0.39, 0.29) is 18.5 Å². The molecule has 1 amide bonds. The van der Waals surface area contributed by atoms with Crippen LogP contribution in [0.3, 0.4) is 0 Å². The Morgan fingerprint density at radius 1 is 0.355 bits per heavy atom. The Kier molecular flexibility index (Phi) is 64.4. The van der Waals surface area contributed by atoms with Crippen molar-refractivity contribution in [3.05, 3.63) is 24.3 Å². The fraction of sp³-hybridized carbons (Fsp3) is 0.914. The second-order valence-corrected chi connectivity index (χ2v) is 23.9. The number of carbonyl (C=O) groups is 2. The Hall–Kier alpha value is -1.66. The lowest BCUT2D eigenvalue weighted by molar-refractivity contribution is -0.143. The van der Waals surface area contributed by atoms with Crippen molar-refractivity contribution in [2.24, 2.45) is 0 Å². The second kappa shape index (κ2) is 65.9. The van der Waals surface area contributed by atoms with E-state index < -0.39 is 12.1 Å². The van der Waals surface area contributed by atoms with E-state index in [1.165, 1.54) is 321 Å². The van der Waals surface area contributed by atoms with Crippen molar-refractivity contribution < 1.29 is 24.5 Å². The van der Waals surface area contributed by atoms with Crippen molar-refractivity contribution in [1.29, 1.82) is 0 Å². The maximum absolute atomic E-state index is 12.5. The standard InChI is InChI=1S/C70H135NO5/c1-3-5-7-9-11-13-15-17-19-20-32-35-38-42-46-50-54-58-62-68(73)67(66-72)71-69(74)63-59-55-51-47-43-39-36-33-30-28-26-24-22-21-23-25-27-29-31-34-37-41-45-49-53-57-61-65-76-70(75)64-60-56-52-48-44-40-18-16-14-12-10-8-6-4-2/h21-22,58,62,67-68,72-73H,3-20,23-57,59-61,63-66H2,1-2H3,(H,71,74)/b22-21-,62-58+. The molecule has 0 heterocycles. The SMILES string of the molecule is CCCCCCCCCCCCCCCCCC/C=C/C(O)C(CO)NC(=O)CCCCCCCCCCCCC/C=C\CCCCCCCCCCCCCCOC(=O)CCCCCCCCCCCCCCCC. The molecule has 3 N–H and O–H groups in total. The molecule has 450 valence electrons. The number of aliphatic hydroxyl groups excluding tert-OH is 2. The molecule has 0 spiro atoms. The molecule has 0 aliphatic carbocycles. The number of rotatable bonds is 65. The van der Waals surface area contributed by atoms with Crippen LogP contribution in [0.4, 0.5) is 0 Å². The molecule has 0 fully saturated rings. The van der Waals surface area contributed by atoms with E-state index in [0.717, 1.165) is 38.5 Å². The van der Waals surface area contributed by atoms with Gasteiger partial charge in [0.1, 0.15) is 0 Å². The first-order chi connectivity index (χ1) is 37.5. The highest BCUT2D eigenvalue weighted by Gasteiger charge is 2.18. The maximum atomic E-state index is 12.5. The summed E-state index contributed by atoms with van der Waals surface area (Å²) in [5.74, 6) is -0.0479. The fourth-order valence-corrected chi connectivity index (χ4v) is 10.9. The molecule has 0 saturated carbocycles. The zero-order valence-corrected chi connectivity index (χ0v) is 51.5. The van der Waals surface area contributed by atoms with Crippen LogP contribution < -0.4 is 5.32 Å². The van der Waals surface area contributed by atoms with Gasteiger partial charge in [-0.25, -0.2) is 0 Å². The van der Waals surface area contributed by atoms with Crippen LogP contribution in [0.25, 0.3) is 0 Å². The van der Waals surface area contributed by atoms with Gasteiger partial charge in [0, 0.05) is 12.8 Å². The van der Waals surface area contributed by atoms with Crippen LogP contribution >= 0.6 is 0 Å². The van der Waals surface area contributed by atoms with E-state index in [1.807, 2.05) is 6.08 Å². The lowest BCUT2D eigenvalue weighted by atomic mass is 10.0. The molecule has 6 heteroatoms. The molecule has 0 aromatic carbocycles. The number of carbonyl (C=O) groups excluding carboxylic acids is 2. The van der Waals surface area contributed by atoms with Gasteiger partial charge in [-0.2, -0.15) is 0 Å². The summed E-state index contributed by atoms with van der Waals surface area (Å²) in [5, 5.41) is 23.2. The summed E-state index contributed by atoms with van der Waals surface area (Å²) in [6, 6.07) is -0.629. The molecule has 6 nitrogen and oxygen atoms in total. The van der Waals surface area contributed by atoms with Gasteiger partial charge in [-0.3, -0.25) is 9.59 Å². The van der Waals surface area contributed by atoms with Crippen molar-refractivity contribution in [3.63, 3.8) is 0 Å². The van der Waals surface area contributed by atoms with Gasteiger partial charge < -0.3 is 20.3 Å². The summed E-state index contributed by atoms with van der Waals surface area (Å²) in [7, 11) is 0. The lowest BCUT2D eigenvalue weighted by Gasteiger charge is -2.20. The number of amides is 1. The largest absolute Gasteiger partial charge is 0.466 e. The summed E-state index contributed by atoms with van der Waals surface area (Å²) in [6.07, 6.45) is 82.5. The molecule has 0 aromatic rings. The van der Waals surface area contributed by atoms with Crippen LogP contribution in [0.2, 0.25) is 0 Å². The van der Waals surface area contributed by atoms with E-state index in [1.54, 1.807) is 6.08 Å². The molecule has 2 unspecified atom stereocenters. The number of esters is 1. The van der Waals surface area contributed by atoms with E-state index >= 15 is 0 Å². The number of hydrogen-bond acceptors (Lipinski definition) is 5. The molecular formula is C70H135NO5. The third-order valence-electron chi connectivity index (χ3n) is 16.2. The molecule has 0 saturated heterocycles. The average molecular weight is 1070 g/mol. The van der Waals surface area contributed by atoms with Gasteiger partial charge in [-0.1, -0.05) is 340 Å². The highest BCUT2D eigenvalue weighted by molar-refractivity contribution is 5.76. The van der Waals surface area contributed by atoms with E-state index in [2.05, 4.69) is 31.3 Å². The molecule has 76 heavy (non-hydrogen) atoms. The summed E-state index contributed by atoms with van der Waals surface area (Å²) in [5.41, 5.74) is 0. The summed E-state index contributed by atoms with van der Waals surface area (Å²) in [6.45, 7) is 4.94. The van der Waals surface area contributed by atoms with Crippen LogP contribution in [0, 0.1) is 0 Å². The fourth-order valence-electron chi connectivity index (χ4n) is 10.9. The van der Waals surface area contributed by atoms with Gasteiger partial charge in [0.25, 0.3) is 0 Å². The number of hydrogen-bond donors (Lipinski definition) is 3. The van der Waals surface area contributed by atoms with E-state index in [0.29, 0.717) is 19.4 Å². The van der Waals surface area contributed by atoms with Gasteiger partial charge in [0.05, 0.1) is 25.4 Å². The normalized spacial score (nSPS) is 12.6. The Labute approximate surface area is 475 Å². The van der Waals surface area contributed by atoms with Crippen molar-refractivity contribution in [1.82, 2.24) is 5.32 Å². The predicted octanol–water partition coefficient (Wildman–Crippen LogP) is 22.1. The van der Waals surface area contributed by atoms with Crippen LogP contribution in [0.5, 0.6) is 0 Å². The van der Waals surface area contributed by atoms with Crippen molar-refractivity contribution in [3.8, 4) is 0 Å². The van der Waals surface area contributed by atoms with E-state index in [9.17, 15) is 19.8 Å². The maximum Gasteiger partial charge on any atom is 0.305 e. The van der Waals surface area contributed by atoms with E-state index in [4.69, 9.17) is 4.74 Å². The lowest BCUT2D eigenvalue weighted by Crippen LogP contribution is -2.45. The Balaban J connectivity index is 3.40. The van der Waals surface area contributed by atoms with Gasteiger partial charge in [0.15, 0.2) is 0 Å². The molecule has 0 radical (unpaired) electrons. The first-order valence-electron chi connectivity index (χ1n) is 34.6. The first-order valence-corrected chi connectivity index (χ1v) is 34.6. The van der Waals surface area contributed by atoms with Gasteiger partial charge in [-0.05, 0) is 57.8 Å². The van der Waals surface area contributed by atoms with Crippen LogP contribution in [0.1, 0.15) is 386 Å². The molecule has 0 rings (SSSR count). The monoisotopic (exact) mass is 1070 g/mol.